The highest BCUT2D eigenvalue weighted by Crippen LogP contribution is 2.25. The molecule has 0 aliphatic carbocycles. The Kier molecular flexibility index (Phi) is 1.61. The summed E-state index contributed by atoms with van der Waals surface area (Å²) in [6.45, 7) is 1.23. The minimum Gasteiger partial charge on any atom is -0.298 e. The van der Waals surface area contributed by atoms with Gasteiger partial charge in [0.05, 0.1) is 0 Å². The summed E-state index contributed by atoms with van der Waals surface area (Å²) in [5.74, 6) is -1.43. The molecular weight excluding hydrogens is 160 g/mol. The van der Waals surface area contributed by atoms with Gasteiger partial charge in [-0.05, 0) is 18.7 Å². The summed E-state index contributed by atoms with van der Waals surface area (Å²) in [7, 11) is 1.89. The molecular formula is C9H9F2N. The molecule has 0 saturated carbocycles. The molecule has 0 amide bonds. The van der Waals surface area contributed by atoms with Gasteiger partial charge in [-0.3, -0.25) is 4.90 Å². The Labute approximate surface area is 69.6 Å². The molecule has 64 valence electrons. The van der Waals surface area contributed by atoms with E-state index in [1.807, 2.05) is 11.9 Å². The number of halogens is 2. The van der Waals surface area contributed by atoms with Crippen molar-refractivity contribution >= 4 is 0 Å². The molecule has 12 heavy (non-hydrogen) atoms. The smallest absolute Gasteiger partial charge is 0.163 e. The molecule has 1 aliphatic heterocycles. The summed E-state index contributed by atoms with van der Waals surface area (Å²) >= 11 is 0. The molecule has 0 atom stereocenters. The summed E-state index contributed by atoms with van der Waals surface area (Å²) in [5, 5.41) is 0. The first kappa shape index (κ1) is 7.68. The quantitative estimate of drug-likeness (QED) is 0.573. The number of fused-ring (bicyclic) bond motifs is 1. The van der Waals surface area contributed by atoms with Crippen LogP contribution in [-0.4, -0.2) is 11.9 Å². The van der Waals surface area contributed by atoms with Gasteiger partial charge in [-0.2, -0.15) is 0 Å². The normalized spacial score (nSPS) is 16.6. The van der Waals surface area contributed by atoms with Crippen LogP contribution in [0.15, 0.2) is 12.1 Å². The van der Waals surface area contributed by atoms with Crippen LogP contribution in [0.2, 0.25) is 0 Å². The van der Waals surface area contributed by atoms with E-state index in [2.05, 4.69) is 0 Å². The molecule has 0 aromatic heterocycles. The lowest BCUT2D eigenvalue weighted by Gasteiger charge is -2.02. The fourth-order valence-corrected chi connectivity index (χ4v) is 1.57. The third kappa shape index (κ3) is 1.01. The van der Waals surface area contributed by atoms with Crippen molar-refractivity contribution in [1.29, 1.82) is 0 Å². The van der Waals surface area contributed by atoms with Gasteiger partial charge in [0, 0.05) is 18.7 Å². The van der Waals surface area contributed by atoms with Crippen molar-refractivity contribution in [2.75, 3.05) is 7.05 Å². The number of nitrogens with zero attached hydrogens (tertiary/aromatic N) is 1. The molecule has 0 unspecified atom stereocenters. The fraction of sp³-hybridized carbons (Fsp3) is 0.333. The van der Waals surface area contributed by atoms with Gasteiger partial charge >= 0.3 is 0 Å². The first-order chi connectivity index (χ1) is 5.68. The van der Waals surface area contributed by atoms with Crippen LogP contribution >= 0.6 is 0 Å². The average molecular weight is 169 g/mol. The number of benzene rings is 1. The molecule has 0 bridgehead atoms. The molecule has 0 saturated heterocycles. The lowest BCUT2D eigenvalue weighted by molar-refractivity contribution is 0.349. The van der Waals surface area contributed by atoms with Crippen molar-refractivity contribution in [3.05, 3.63) is 34.9 Å². The highest BCUT2D eigenvalue weighted by Gasteiger charge is 2.21. The van der Waals surface area contributed by atoms with Gasteiger partial charge in [-0.1, -0.05) is 6.07 Å². The second-order valence-electron chi connectivity index (χ2n) is 3.17. The monoisotopic (exact) mass is 169 g/mol. The van der Waals surface area contributed by atoms with Crippen molar-refractivity contribution in [3.63, 3.8) is 0 Å². The van der Waals surface area contributed by atoms with Crippen LogP contribution in [0.3, 0.4) is 0 Å². The minimum absolute atomic E-state index is 0.512. The molecule has 1 nitrogen and oxygen atoms in total. The van der Waals surface area contributed by atoms with E-state index >= 15 is 0 Å². The van der Waals surface area contributed by atoms with Crippen LogP contribution in [0.5, 0.6) is 0 Å². The van der Waals surface area contributed by atoms with Crippen LogP contribution < -0.4 is 0 Å². The van der Waals surface area contributed by atoms with Gasteiger partial charge in [0.1, 0.15) is 0 Å². The summed E-state index contributed by atoms with van der Waals surface area (Å²) in [4.78, 5) is 1.95. The summed E-state index contributed by atoms with van der Waals surface area (Å²) < 4.78 is 25.8. The highest BCUT2D eigenvalue weighted by molar-refractivity contribution is 5.32. The van der Waals surface area contributed by atoms with Gasteiger partial charge < -0.3 is 0 Å². The van der Waals surface area contributed by atoms with Crippen LogP contribution in [0.4, 0.5) is 8.78 Å². The van der Waals surface area contributed by atoms with Gasteiger partial charge in [0.25, 0.3) is 0 Å². The molecule has 2 rings (SSSR count). The van der Waals surface area contributed by atoms with Gasteiger partial charge in [-0.25, -0.2) is 8.78 Å². The molecule has 1 aliphatic rings. The van der Waals surface area contributed by atoms with Crippen molar-refractivity contribution in [2.45, 2.75) is 13.1 Å². The maximum absolute atomic E-state index is 13.1. The zero-order valence-corrected chi connectivity index (χ0v) is 6.77. The first-order valence-corrected chi connectivity index (χ1v) is 3.83. The Hall–Kier alpha value is -0.960. The van der Waals surface area contributed by atoms with E-state index in [-0.39, 0.29) is 0 Å². The largest absolute Gasteiger partial charge is 0.298 e. The van der Waals surface area contributed by atoms with Crippen LogP contribution in [0.25, 0.3) is 0 Å². The predicted molar refractivity (Wildman–Crippen MR) is 41.5 cm³/mol. The summed E-state index contributed by atoms with van der Waals surface area (Å²) in [5.41, 5.74) is 1.41. The van der Waals surface area contributed by atoms with E-state index in [1.54, 1.807) is 6.07 Å². The lowest BCUT2D eigenvalue weighted by Crippen LogP contribution is -2.07. The number of hydrogen-bond acceptors (Lipinski definition) is 1. The zero-order chi connectivity index (χ0) is 8.72. The number of hydrogen-bond donors (Lipinski definition) is 0. The minimum atomic E-state index is -0.746. The fourth-order valence-electron chi connectivity index (χ4n) is 1.57. The van der Waals surface area contributed by atoms with E-state index in [0.29, 0.717) is 18.7 Å². The molecule has 0 radical (unpaired) electrons. The Morgan fingerprint density at radius 3 is 2.75 bits per heavy atom. The molecule has 0 spiro atoms. The maximum atomic E-state index is 13.1. The molecule has 1 heterocycles. The zero-order valence-electron chi connectivity index (χ0n) is 6.77. The van der Waals surface area contributed by atoms with Crippen LogP contribution in [0.1, 0.15) is 11.1 Å². The van der Waals surface area contributed by atoms with Crippen molar-refractivity contribution < 1.29 is 8.78 Å². The van der Waals surface area contributed by atoms with E-state index in [0.717, 1.165) is 5.56 Å². The maximum Gasteiger partial charge on any atom is 0.163 e. The SMILES string of the molecule is CN1Cc2ccc(F)c(F)c2C1. The second-order valence-corrected chi connectivity index (χ2v) is 3.17. The molecule has 0 N–H and O–H groups in total. The Morgan fingerprint density at radius 1 is 1.25 bits per heavy atom. The van der Waals surface area contributed by atoms with E-state index in [9.17, 15) is 8.78 Å². The van der Waals surface area contributed by atoms with Gasteiger partial charge in [0.2, 0.25) is 0 Å². The average Bonchev–Trinajstić information content (AvgIpc) is 2.39. The van der Waals surface area contributed by atoms with Crippen LogP contribution in [0, 0.1) is 11.6 Å². The van der Waals surface area contributed by atoms with E-state index < -0.39 is 11.6 Å². The number of rotatable bonds is 0. The Morgan fingerprint density at radius 2 is 2.00 bits per heavy atom. The molecule has 3 heteroatoms. The highest BCUT2D eigenvalue weighted by atomic mass is 19.2. The molecule has 1 aromatic rings. The van der Waals surface area contributed by atoms with Crippen molar-refractivity contribution in [3.8, 4) is 0 Å². The Bertz CT molecular complexity index is 323. The van der Waals surface area contributed by atoms with Crippen molar-refractivity contribution in [2.24, 2.45) is 0 Å². The molecule has 1 aromatic carbocycles. The van der Waals surface area contributed by atoms with Gasteiger partial charge in [-0.15, -0.1) is 0 Å². The first-order valence-electron chi connectivity index (χ1n) is 3.83. The van der Waals surface area contributed by atoms with Gasteiger partial charge in [0.15, 0.2) is 11.6 Å². The summed E-state index contributed by atoms with van der Waals surface area (Å²) in [6.07, 6.45) is 0. The van der Waals surface area contributed by atoms with E-state index in [1.165, 1.54) is 6.07 Å². The lowest BCUT2D eigenvalue weighted by atomic mass is 10.1. The van der Waals surface area contributed by atoms with E-state index in [4.69, 9.17) is 0 Å². The summed E-state index contributed by atoms with van der Waals surface area (Å²) in [6, 6.07) is 2.84. The Balaban J connectivity index is 2.54. The third-order valence-corrected chi connectivity index (χ3v) is 2.16. The third-order valence-electron chi connectivity index (χ3n) is 2.16. The molecule has 0 fully saturated rings. The predicted octanol–water partition coefficient (Wildman–Crippen LogP) is 1.91. The van der Waals surface area contributed by atoms with Crippen LogP contribution in [-0.2, 0) is 13.1 Å². The van der Waals surface area contributed by atoms with Crippen molar-refractivity contribution in [1.82, 2.24) is 4.90 Å². The topological polar surface area (TPSA) is 3.24 Å². The second kappa shape index (κ2) is 2.52. The standard InChI is InChI=1S/C9H9F2N/c1-12-4-6-2-3-8(10)9(11)7(6)5-12/h2-3H,4-5H2,1H3.